The average molecular weight is 412 g/mol. The van der Waals surface area contributed by atoms with Crippen molar-refractivity contribution < 1.29 is 9.25 Å². The minimum atomic E-state index is -0.377. The third-order valence-corrected chi connectivity index (χ3v) is 4.29. The maximum absolute atomic E-state index is 6.11. The standard InChI is InChI=1S/C20H18BrN3O2/c1-20(2,3)26-23-16-11-19(25-18-9-13(21)6-7-15(16)18)17-10-14-5-4-8-24(14)12-22-17/h4-12H,1-3H3. The van der Waals surface area contributed by atoms with Crippen molar-refractivity contribution in [3.05, 3.63) is 64.8 Å². The second-order valence-electron chi connectivity index (χ2n) is 7.05. The predicted octanol–water partition coefficient (Wildman–Crippen LogP) is 5.14. The maximum atomic E-state index is 6.11. The van der Waals surface area contributed by atoms with Gasteiger partial charge < -0.3 is 13.7 Å². The molecule has 0 fully saturated rings. The number of halogens is 1. The van der Waals surface area contributed by atoms with Crippen LogP contribution < -0.4 is 5.36 Å². The number of fused-ring (bicyclic) bond motifs is 2. The van der Waals surface area contributed by atoms with Crippen molar-refractivity contribution in [3.8, 4) is 11.5 Å². The van der Waals surface area contributed by atoms with Crippen LogP contribution in [0.4, 0.5) is 0 Å². The first kappa shape index (κ1) is 16.8. The summed E-state index contributed by atoms with van der Waals surface area (Å²) in [5.74, 6) is 0.635. The molecular weight excluding hydrogens is 394 g/mol. The molecule has 0 spiro atoms. The van der Waals surface area contributed by atoms with Gasteiger partial charge in [0.15, 0.2) is 5.76 Å². The lowest BCUT2D eigenvalue weighted by molar-refractivity contribution is -0.00585. The van der Waals surface area contributed by atoms with Crippen LogP contribution in [0.15, 0.2) is 69.0 Å². The van der Waals surface area contributed by atoms with Crippen molar-refractivity contribution in [2.45, 2.75) is 26.4 Å². The van der Waals surface area contributed by atoms with Crippen LogP contribution in [0, 0.1) is 0 Å². The van der Waals surface area contributed by atoms with Gasteiger partial charge in [-0.3, -0.25) is 0 Å². The van der Waals surface area contributed by atoms with Crippen molar-refractivity contribution in [1.29, 1.82) is 0 Å². The molecule has 0 N–H and O–H groups in total. The Morgan fingerprint density at radius 3 is 2.81 bits per heavy atom. The Labute approximate surface area is 159 Å². The molecule has 26 heavy (non-hydrogen) atoms. The highest BCUT2D eigenvalue weighted by Gasteiger charge is 2.12. The quantitative estimate of drug-likeness (QED) is 0.429. The lowest BCUT2D eigenvalue weighted by Gasteiger charge is -2.15. The molecule has 0 bridgehead atoms. The van der Waals surface area contributed by atoms with Crippen molar-refractivity contribution in [2.75, 3.05) is 0 Å². The van der Waals surface area contributed by atoms with E-state index in [4.69, 9.17) is 9.25 Å². The normalized spacial score (nSPS) is 12.8. The van der Waals surface area contributed by atoms with Gasteiger partial charge in [-0.25, -0.2) is 4.98 Å². The Morgan fingerprint density at radius 1 is 1.15 bits per heavy atom. The topological polar surface area (TPSA) is 52.0 Å². The molecule has 0 saturated heterocycles. The molecule has 0 aliphatic heterocycles. The Kier molecular flexibility index (Phi) is 4.07. The Balaban J connectivity index is 1.94. The van der Waals surface area contributed by atoms with Crippen LogP contribution in [0.5, 0.6) is 0 Å². The van der Waals surface area contributed by atoms with Gasteiger partial charge in [-0.15, -0.1) is 0 Å². The van der Waals surface area contributed by atoms with Gasteiger partial charge in [0.25, 0.3) is 0 Å². The van der Waals surface area contributed by atoms with Crippen molar-refractivity contribution >= 4 is 32.4 Å². The molecular formula is C20H18BrN3O2. The minimum Gasteiger partial charge on any atom is -0.454 e. The summed E-state index contributed by atoms with van der Waals surface area (Å²) in [6.45, 7) is 5.89. The number of hydrogen-bond acceptors (Lipinski definition) is 4. The molecule has 132 valence electrons. The van der Waals surface area contributed by atoms with E-state index < -0.39 is 0 Å². The van der Waals surface area contributed by atoms with Gasteiger partial charge in [0.05, 0.1) is 6.33 Å². The van der Waals surface area contributed by atoms with Crippen LogP contribution >= 0.6 is 15.9 Å². The molecule has 0 aliphatic carbocycles. The zero-order chi connectivity index (χ0) is 18.3. The fourth-order valence-corrected chi connectivity index (χ4v) is 2.94. The fraction of sp³-hybridized carbons (Fsp3) is 0.200. The third kappa shape index (κ3) is 3.37. The van der Waals surface area contributed by atoms with Crippen LogP contribution in [-0.4, -0.2) is 15.0 Å². The highest BCUT2D eigenvalue weighted by Crippen LogP contribution is 2.24. The molecule has 5 nitrogen and oxygen atoms in total. The summed E-state index contributed by atoms with van der Waals surface area (Å²) in [7, 11) is 0. The van der Waals surface area contributed by atoms with Gasteiger partial charge in [-0.1, -0.05) is 21.1 Å². The van der Waals surface area contributed by atoms with Crippen molar-refractivity contribution in [2.24, 2.45) is 5.16 Å². The van der Waals surface area contributed by atoms with E-state index in [0.717, 1.165) is 21.1 Å². The highest BCUT2D eigenvalue weighted by atomic mass is 79.9. The number of benzene rings is 1. The van der Waals surface area contributed by atoms with Crippen LogP contribution in [0.3, 0.4) is 0 Å². The van der Waals surface area contributed by atoms with Crippen LogP contribution in [-0.2, 0) is 4.84 Å². The molecule has 1 aromatic carbocycles. The van der Waals surface area contributed by atoms with E-state index in [0.29, 0.717) is 16.7 Å². The molecule has 0 unspecified atom stereocenters. The van der Waals surface area contributed by atoms with Gasteiger partial charge in [-0.05, 0) is 57.2 Å². The molecule has 0 radical (unpaired) electrons. The smallest absolute Gasteiger partial charge is 0.155 e. The van der Waals surface area contributed by atoms with Crippen molar-refractivity contribution in [1.82, 2.24) is 9.38 Å². The second kappa shape index (κ2) is 6.29. The molecule has 0 saturated carbocycles. The second-order valence-corrected chi connectivity index (χ2v) is 7.96. The number of hydrogen-bond donors (Lipinski definition) is 0. The zero-order valence-electron chi connectivity index (χ0n) is 14.7. The van der Waals surface area contributed by atoms with E-state index in [2.05, 4.69) is 26.1 Å². The van der Waals surface area contributed by atoms with Crippen LogP contribution in [0.2, 0.25) is 0 Å². The Morgan fingerprint density at radius 2 is 2.00 bits per heavy atom. The monoisotopic (exact) mass is 411 g/mol. The SMILES string of the molecule is CC(C)(C)ON=c1cc(-c2cc3cccn3cn2)oc2cc(Br)ccc12. The molecule has 3 heterocycles. The molecule has 4 rings (SSSR count). The first-order valence-corrected chi connectivity index (χ1v) is 9.07. The first-order chi connectivity index (χ1) is 12.4. The highest BCUT2D eigenvalue weighted by molar-refractivity contribution is 9.10. The molecule has 0 aliphatic rings. The van der Waals surface area contributed by atoms with E-state index in [1.54, 1.807) is 6.33 Å². The summed E-state index contributed by atoms with van der Waals surface area (Å²) in [4.78, 5) is 10.2. The zero-order valence-corrected chi connectivity index (χ0v) is 16.3. The van der Waals surface area contributed by atoms with Crippen LogP contribution in [0.1, 0.15) is 20.8 Å². The van der Waals surface area contributed by atoms with Gasteiger partial charge in [0.1, 0.15) is 22.2 Å². The summed E-state index contributed by atoms with van der Waals surface area (Å²) in [6, 6.07) is 13.7. The van der Waals surface area contributed by atoms with Gasteiger partial charge in [0.2, 0.25) is 0 Å². The minimum absolute atomic E-state index is 0.377. The molecule has 0 atom stereocenters. The lowest BCUT2D eigenvalue weighted by Crippen LogP contribution is -2.18. The Bertz CT molecular complexity index is 1170. The summed E-state index contributed by atoms with van der Waals surface area (Å²) >= 11 is 3.50. The molecule has 3 aromatic heterocycles. The first-order valence-electron chi connectivity index (χ1n) is 8.28. The van der Waals surface area contributed by atoms with E-state index in [-0.39, 0.29) is 5.60 Å². The van der Waals surface area contributed by atoms with Gasteiger partial charge in [0, 0.05) is 27.6 Å². The van der Waals surface area contributed by atoms with Gasteiger partial charge in [-0.2, -0.15) is 0 Å². The molecule has 4 aromatic rings. The predicted molar refractivity (Wildman–Crippen MR) is 105 cm³/mol. The lowest BCUT2D eigenvalue weighted by atomic mass is 10.2. The largest absolute Gasteiger partial charge is 0.454 e. The third-order valence-electron chi connectivity index (χ3n) is 3.80. The van der Waals surface area contributed by atoms with E-state index in [1.807, 2.05) is 73.8 Å². The summed E-state index contributed by atoms with van der Waals surface area (Å²) in [6.07, 6.45) is 3.73. The number of rotatable bonds is 2. The summed E-state index contributed by atoms with van der Waals surface area (Å²) < 4.78 is 9.00. The number of nitrogens with zero attached hydrogens (tertiary/aromatic N) is 3. The maximum Gasteiger partial charge on any atom is 0.155 e. The number of aromatic nitrogens is 2. The summed E-state index contributed by atoms with van der Waals surface area (Å²) in [5.41, 5.74) is 2.12. The molecule has 0 amide bonds. The van der Waals surface area contributed by atoms with E-state index in [9.17, 15) is 0 Å². The van der Waals surface area contributed by atoms with Crippen molar-refractivity contribution in [3.63, 3.8) is 0 Å². The van der Waals surface area contributed by atoms with Gasteiger partial charge >= 0.3 is 0 Å². The average Bonchev–Trinajstić information content (AvgIpc) is 3.06. The fourth-order valence-electron chi connectivity index (χ4n) is 2.60. The summed E-state index contributed by atoms with van der Waals surface area (Å²) in [5, 5.41) is 5.95. The van der Waals surface area contributed by atoms with Crippen LogP contribution in [0.25, 0.3) is 27.9 Å². The van der Waals surface area contributed by atoms with E-state index in [1.165, 1.54) is 0 Å². The van der Waals surface area contributed by atoms with E-state index >= 15 is 0 Å². The molecule has 6 heteroatoms. The Hall–Kier alpha value is -2.60.